The molecular formula is C17H27ClN2O5S. The minimum Gasteiger partial charge on any atom is -0.492 e. The predicted molar refractivity (Wildman–Crippen MR) is 101 cm³/mol. The molecule has 1 amide bonds. The number of ether oxygens (including phenoxy) is 2. The van der Waals surface area contributed by atoms with Crippen LogP contribution in [0.15, 0.2) is 23.1 Å². The van der Waals surface area contributed by atoms with Gasteiger partial charge in [-0.2, -0.15) is 4.31 Å². The van der Waals surface area contributed by atoms with Gasteiger partial charge in [-0.15, -0.1) is 0 Å². The topological polar surface area (TPSA) is 84.9 Å². The van der Waals surface area contributed by atoms with Crippen LogP contribution in [-0.2, 0) is 19.6 Å². The Kier molecular flexibility index (Phi) is 9.35. The fourth-order valence-corrected chi connectivity index (χ4v) is 3.61. The van der Waals surface area contributed by atoms with Crippen LogP contribution in [0.4, 0.5) is 0 Å². The minimum atomic E-state index is -3.92. The largest absolute Gasteiger partial charge is 0.492 e. The Labute approximate surface area is 160 Å². The zero-order valence-corrected chi connectivity index (χ0v) is 17.2. The Morgan fingerprint density at radius 1 is 1.35 bits per heavy atom. The van der Waals surface area contributed by atoms with Crippen molar-refractivity contribution in [3.8, 4) is 5.75 Å². The highest BCUT2D eigenvalue weighted by Crippen LogP contribution is 2.29. The maximum Gasteiger partial charge on any atom is 0.247 e. The third-order valence-corrected chi connectivity index (χ3v) is 5.41. The van der Waals surface area contributed by atoms with Crippen LogP contribution in [0.3, 0.4) is 0 Å². The fraction of sp³-hybridized carbons (Fsp3) is 0.588. The molecule has 1 aromatic carbocycles. The highest BCUT2D eigenvalue weighted by atomic mass is 35.5. The molecule has 1 rings (SSSR count). The molecule has 0 aliphatic rings. The maximum absolute atomic E-state index is 12.8. The average Bonchev–Trinajstić information content (AvgIpc) is 2.55. The van der Waals surface area contributed by atoms with Gasteiger partial charge < -0.3 is 14.8 Å². The van der Waals surface area contributed by atoms with Crippen molar-refractivity contribution in [2.45, 2.75) is 38.2 Å². The molecule has 0 aromatic heterocycles. The molecule has 0 atom stereocenters. The van der Waals surface area contributed by atoms with Gasteiger partial charge in [0.05, 0.1) is 19.3 Å². The number of nitrogens with one attached hydrogen (secondary N) is 1. The Bertz CT molecular complexity index is 694. The van der Waals surface area contributed by atoms with Crippen molar-refractivity contribution in [3.05, 3.63) is 23.2 Å². The van der Waals surface area contributed by atoms with Gasteiger partial charge in [-0.3, -0.25) is 4.79 Å². The van der Waals surface area contributed by atoms with Crippen LogP contribution in [0, 0.1) is 0 Å². The van der Waals surface area contributed by atoms with Gasteiger partial charge in [-0.05, 0) is 45.4 Å². The molecule has 0 spiro atoms. The standard InChI is InChI=1S/C17H27ClN2O5S/c1-5-24-15-8-7-14(18)11-16(15)26(22,23)20(4)12-17(21)19-9-6-10-25-13(2)3/h7-8,11,13H,5-6,9-10,12H2,1-4H3,(H,19,21). The number of carbonyl (C=O) groups excluding carboxylic acids is 1. The van der Waals surface area contributed by atoms with Crippen molar-refractivity contribution < 1.29 is 22.7 Å². The molecule has 0 aliphatic carbocycles. The van der Waals surface area contributed by atoms with E-state index in [0.717, 1.165) is 4.31 Å². The summed E-state index contributed by atoms with van der Waals surface area (Å²) in [5.74, 6) is -0.185. The number of hydrogen-bond acceptors (Lipinski definition) is 5. The third-order valence-electron chi connectivity index (χ3n) is 3.35. The molecule has 0 aliphatic heterocycles. The van der Waals surface area contributed by atoms with E-state index in [9.17, 15) is 13.2 Å². The van der Waals surface area contributed by atoms with Crippen molar-refractivity contribution >= 4 is 27.5 Å². The van der Waals surface area contributed by atoms with Crippen LogP contribution in [0.1, 0.15) is 27.2 Å². The summed E-state index contributed by atoms with van der Waals surface area (Å²) in [6, 6.07) is 4.37. The molecule has 9 heteroatoms. The van der Waals surface area contributed by atoms with E-state index in [-0.39, 0.29) is 34.2 Å². The molecule has 0 saturated heterocycles. The van der Waals surface area contributed by atoms with Crippen molar-refractivity contribution in [2.75, 3.05) is 33.4 Å². The summed E-state index contributed by atoms with van der Waals surface area (Å²) in [5, 5.41) is 2.95. The normalized spacial score (nSPS) is 11.8. The molecule has 0 bridgehead atoms. The first kappa shape index (κ1) is 22.7. The van der Waals surface area contributed by atoms with E-state index in [2.05, 4.69) is 5.32 Å². The van der Waals surface area contributed by atoms with Crippen LogP contribution in [0.5, 0.6) is 5.75 Å². The molecule has 26 heavy (non-hydrogen) atoms. The van der Waals surface area contributed by atoms with Crippen LogP contribution in [0.2, 0.25) is 5.02 Å². The van der Waals surface area contributed by atoms with Crippen molar-refractivity contribution in [1.29, 1.82) is 0 Å². The van der Waals surface area contributed by atoms with Crippen LogP contribution in [0.25, 0.3) is 0 Å². The summed E-state index contributed by atoms with van der Waals surface area (Å²) < 4.78 is 37.2. The third kappa shape index (κ3) is 7.11. The lowest BCUT2D eigenvalue weighted by Crippen LogP contribution is -2.39. The molecule has 0 unspecified atom stereocenters. The van der Waals surface area contributed by atoms with Gasteiger partial charge in [0.15, 0.2) is 0 Å². The number of carbonyl (C=O) groups is 1. The van der Waals surface area contributed by atoms with E-state index in [1.54, 1.807) is 13.0 Å². The van der Waals surface area contributed by atoms with Crippen molar-refractivity contribution in [3.63, 3.8) is 0 Å². The number of nitrogens with zero attached hydrogens (tertiary/aromatic N) is 1. The second kappa shape index (κ2) is 10.7. The van der Waals surface area contributed by atoms with Gasteiger partial charge in [0.25, 0.3) is 0 Å². The highest BCUT2D eigenvalue weighted by molar-refractivity contribution is 7.89. The molecule has 7 nitrogen and oxygen atoms in total. The van der Waals surface area contributed by atoms with Crippen LogP contribution < -0.4 is 10.1 Å². The summed E-state index contributed by atoms with van der Waals surface area (Å²) in [4.78, 5) is 11.9. The van der Waals surface area contributed by atoms with E-state index < -0.39 is 10.0 Å². The first-order chi connectivity index (χ1) is 12.2. The zero-order chi connectivity index (χ0) is 19.7. The van der Waals surface area contributed by atoms with Crippen LogP contribution in [-0.4, -0.2) is 58.1 Å². The Morgan fingerprint density at radius 3 is 2.65 bits per heavy atom. The Balaban J connectivity index is 2.69. The van der Waals surface area contributed by atoms with E-state index >= 15 is 0 Å². The van der Waals surface area contributed by atoms with E-state index in [4.69, 9.17) is 21.1 Å². The van der Waals surface area contributed by atoms with Gasteiger partial charge in [-0.1, -0.05) is 11.6 Å². The summed E-state index contributed by atoms with van der Waals surface area (Å²) in [6.45, 7) is 6.59. The number of rotatable bonds is 11. The monoisotopic (exact) mass is 406 g/mol. The van der Waals surface area contributed by atoms with Gasteiger partial charge in [0.2, 0.25) is 15.9 Å². The average molecular weight is 407 g/mol. The quantitative estimate of drug-likeness (QED) is 0.570. The lowest BCUT2D eigenvalue weighted by molar-refractivity contribution is -0.121. The molecule has 148 valence electrons. The number of benzene rings is 1. The van der Waals surface area contributed by atoms with Gasteiger partial charge in [0.1, 0.15) is 10.6 Å². The first-order valence-electron chi connectivity index (χ1n) is 8.45. The van der Waals surface area contributed by atoms with Gasteiger partial charge in [-0.25, -0.2) is 8.42 Å². The van der Waals surface area contributed by atoms with Crippen molar-refractivity contribution in [1.82, 2.24) is 9.62 Å². The molecule has 1 N–H and O–H groups in total. The lowest BCUT2D eigenvalue weighted by Gasteiger charge is -2.19. The molecule has 1 aromatic rings. The zero-order valence-electron chi connectivity index (χ0n) is 15.6. The maximum atomic E-state index is 12.8. The van der Waals surface area contributed by atoms with Crippen LogP contribution >= 0.6 is 11.6 Å². The second-order valence-corrected chi connectivity index (χ2v) is 8.36. The fourth-order valence-electron chi connectivity index (χ4n) is 2.09. The summed E-state index contributed by atoms with van der Waals surface area (Å²) in [7, 11) is -2.58. The number of likely N-dealkylation sites (N-methyl/N-ethyl adjacent to an activating group) is 1. The number of halogens is 1. The summed E-state index contributed by atoms with van der Waals surface area (Å²) >= 11 is 5.92. The lowest BCUT2D eigenvalue weighted by atomic mass is 10.3. The molecule has 0 saturated carbocycles. The first-order valence-corrected chi connectivity index (χ1v) is 10.3. The van der Waals surface area contributed by atoms with Gasteiger partial charge >= 0.3 is 0 Å². The van der Waals surface area contributed by atoms with Gasteiger partial charge in [0, 0.05) is 25.2 Å². The second-order valence-electron chi connectivity index (χ2n) is 5.91. The van der Waals surface area contributed by atoms with E-state index in [1.165, 1.54) is 19.2 Å². The SMILES string of the molecule is CCOc1ccc(Cl)cc1S(=O)(=O)N(C)CC(=O)NCCCOC(C)C. The number of amides is 1. The molecular weight excluding hydrogens is 380 g/mol. The Morgan fingerprint density at radius 2 is 2.04 bits per heavy atom. The molecule has 0 fully saturated rings. The molecule has 0 heterocycles. The number of sulfonamides is 1. The van der Waals surface area contributed by atoms with E-state index in [0.29, 0.717) is 26.2 Å². The smallest absolute Gasteiger partial charge is 0.247 e. The van der Waals surface area contributed by atoms with E-state index in [1.807, 2.05) is 13.8 Å². The predicted octanol–water partition coefficient (Wildman–Crippen LogP) is 2.29. The summed E-state index contributed by atoms with van der Waals surface area (Å²) in [6.07, 6.45) is 0.794. The minimum absolute atomic E-state index is 0.0625. The van der Waals surface area contributed by atoms with Crippen molar-refractivity contribution in [2.24, 2.45) is 0 Å². The Hall–Kier alpha value is -1.35. The molecule has 0 radical (unpaired) electrons. The summed E-state index contributed by atoms with van der Waals surface area (Å²) in [5.41, 5.74) is 0. The highest BCUT2D eigenvalue weighted by Gasteiger charge is 2.26. The number of hydrogen-bond donors (Lipinski definition) is 1.